The van der Waals surface area contributed by atoms with Crippen LogP contribution in [-0.4, -0.2) is 29.6 Å². The highest BCUT2D eigenvalue weighted by Gasteiger charge is 2.25. The van der Waals surface area contributed by atoms with Crippen molar-refractivity contribution >= 4 is 15.8 Å². The zero-order valence-corrected chi connectivity index (χ0v) is 17.3. The van der Waals surface area contributed by atoms with Crippen LogP contribution in [-0.2, 0) is 20.4 Å². The summed E-state index contributed by atoms with van der Waals surface area (Å²) >= 11 is 0. The molecule has 0 aliphatic heterocycles. The largest absolute Gasteiger partial charge is 0.481 e. The molecule has 0 bridgehead atoms. The zero-order valence-electron chi connectivity index (χ0n) is 16.5. The molecule has 0 radical (unpaired) electrons. The van der Waals surface area contributed by atoms with Crippen molar-refractivity contribution < 1.29 is 22.8 Å². The van der Waals surface area contributed by atoms with Crippen LogP contribution in [0, 0.1) is 5.92 Å². The van der Waals surface area contributed by atoms with E-state index < -0.39 is 21.7 Å². The van der Waals surface area contributed by atoms with Crippen LogP contribution < -0.4 is 0 Å². The Kier molecular flexibility index (Phi) is 7.41. The molecule has 7 nitrogen and oxygen atoms in total. The number of aliphatic carboxylic acids is 1. The summed E-state index contributed by atoms with van der Waals surface area (Å²) in [7, 11) is -3.58. The highest BCUT2D eigenvalue weighted by molar-refractivity contribution is 7.90. The molecule has 2 aromatic rings. The second-order valence-electron chi connectivity index (χ2n) is 7.85. The molecule has 1 aliphatic carbocycles. The van der Waals surface area contributed by atoms with Gasteiger partial charge in [0.15, 0.2) is 15.7 Å². The number of carboxylic acids is 1. The van der Waals surface area contributed by atoms with Gasteiger partial charge in [-0.2, -0.15) is 4.98 Å². The zero-order chi connectivity index (χ0) is 20.7. The number of carboxylic acid groups (broad SMARTS) is 1. The Bertz CT molecular complexity index is 889. The molecule has 1 atom stereocenters. The van der Waals surface area contributed by atoms with Crippen molar-refractivity contribution in [1.29, 1.82) is 0 Å². The van der Waals surface area contributed by atoms with Crippen molar-refractivity contribution in [3.63, 3.8) is 0 Å². The lowest BCUT2D eigenvalue weighted by atomic mass is 9.84. The van der Waals surface area contributed by atoms with E-state index in [1.54, 1.807) is 18.2 Å². The second kappa shape index (κ2) is 10.0. The molecule has 158 valence electrons. The van der Waals surface area contributed by atoms with E-state index in [2.05, 4.69) is 10.1 Å². The molecule has 1 fully saturated rings. The third-order valence-electron chi connectivity index (χ3n) is 5.57. The Balaban J connectivity index is 1.63. The topological polar surface area (TPSA) is 110 Å². The molecule has 1 heterocycles. The van der Waals surface area contributed by atoms with Crippen LogP contribution in [0.1, 0.15) is 75.4 Å². The molecule has 0 unspecified atom stereocenters. The quantitative estimate of drug-likeness (QED) is 0.608. The molecule has 1 N–H and O–H groups in total. The number of hydrogen-bond acceptors (Lipinski definition) is 6. The molecule has 0 spiro atoms. The summed E-state index contributed by atoms with van der Waals surface area (Å²) in [4.78, 5) is 15.7. The Morgan fingerprint density at radius 2 is 1.90 bits per heavy atom. The maximum absolute atomic E-state index is 12.5. The van der Waals surface area contributed by atoms with Gasteiger partial charge in [0.2, 0.25) is 5.89 Å². The van der Waals surface area contributed by atoms with Gasteiger partial charge in [0.25, 0.3) is 0 Å². The summed E-state index contributed by atoms with van der Waals surface area (Å²) in [6, 6.07) is 8.10. The molecular formula is C21H28N2O5S. The van der Waals surface area contributed by atoms with Crippen molar-refractivity contribution in [2.45, 2.75) is 74.4 Å². The lowest BCUT2D eigenvalue weighted by Gasteiger charge is -2.21. The van der Waals surface area contributed by atoms with Crippen LogP contribution in [0.3, 0.4) is 0 Å². The third-order valence-corrected chi connectivity index (χ3v) is 7.19. The number of benzene rings is 1. The van der Waals surface area contributed by atoms with Crippen molar-refractivity contribution in [2.24, 2.45) is 5.92 Å². The Morgan fingerprint density at radius 3 is 2.59 bits per heavy atom. The Labute approximate surface area is 171 Å². The maximum Gasteiger partial charge on any atom is 0.304 e. The number of nitrogens with zero attached hydrogens (tertiary/aromatic N) is 2. The molecule has 0 saturated heterocycles. The third kappa shape index (κ3) is 6.39. The number of rotatable bonds is 10. The minimum Gasteiger partial charge on any atom is -0.481 e. The highest BCUT2D eigenvalue weighted by atomic mass is 32.2. The second-order valence-corrected chi connectivity index (χ2v) is 9.84. The SMILES string of the molecule is O=C(O)C[C@@H](CCCC1CCCCC1)c1nc(CS(=O)(=O)c2ccccc2)no1. The molecule has 3 rings (SSSR count). The first-order valence-electron chi connectivity index (χ1n) is 10.3. The standard InChI is InChI=1S/C21H28N2O5S/c24-20(25)14-17(11-7-10-16-8-3-1-4-9-16)21-22-19(23-28-21)15-29(26,27)18-12-5-2-6-13-18/h2,5-6,12-13,16-17H,1,3-4,7-11,14-15H2,(H,24,25)/t17-/m1/s1. The van der Waals surface area contributed by atoms with Gasteiger partial charge in [0, 0.05) is 5.92 Å². The highest BCUT2D eigenvalue weighted by Crippen LogP contribution is 2.31. The van der Waals surface area contributed by atoms with Gasteiger partial charge in [0.1, 0.15) is 5.75 Å². The van der Waals surface area contributed by atoms with Gasteiger partial charge in [-0.15, -0.1) is 0 Å². The number of carbonyl (C=O) groups is 1. The van der Waals surface area contributed by atoms with Gasteiger partial charge in [-0.05, 0) is 24.5 Å². The first-order valence-corrected chi connectivity index (χ1v) is 11.9. The van der Waals surface area contributed by atoms with E-state index >= 15 is 0 Å². The van der Waals surface area contributed by atoms with Crippen LogP contribution in [0.25, 0.3) is 0 Å². The molecule has 1 aliphatic rings. The minimum absolute atomic E-state index is 0.0616. The molecule has 1 aromatic carbocycles. The fourth-order valence-electron chi connectivity index (χ4n) is 4.03. The minimum atomic E-state index is -3.58. The lowest BCUT2D eigenvalue weighted by Crippen LogP contribution is -2.10. The maximum atomic E-state index is 12.5. The number of sulfone groups is 1. The Morgan fingerprint density at radius 1 is 1.17 bits per heavy atom. The van der Waals surface area contributed by atoms with E-state index in [4.69, 9.17) is 4.52 Å². The first-order chi connectivity index (χ1) is 13.9. The van der Waals surface area contributed by atoms with Crippen LogP contribution in [0.5, 0.6) is 0 Å². The average molecular weight is 421 g/mol. The summed E-state index contributed by atoms with van der Waals surface area (Å²) < 4.78 is 30.2. The fourth-order valence-corrected chi connectivity index (χ4v) is 5.22. The van der Waals surface area contributed by atoms with Crippen LogP contribution in [0.2, 0.25) is 0 Å². The monoisotopic (exact) mass is 420 g/mol. The van der Waals surface area contributed by atoms with Crippen molar-refractivity contribution in [3.8, 4) is 0 Å². The molecule has 0 amide bonds. The summed E-state index contributed by atoms with van der Waals surface area (Å²) in [6.45, 7) is 0. The summed E-state index contributed by atoms with van der Waals surface area (Å²) in [6.07, 6.45) is 8.93. The van der Waals surface area contributed by atoms with Gasteiger partial charge in [0.05, 0.1) is 11.3 Å². The molecule has 8 heteroatoms. The fraction of sp³-hybridized carbons (Fsp3) is 0.571. The summed E-state index contributed by atoms with van der Waals surface area (Å²) in [5, 5.41) is 13.0. The van der Waals surface area contributed by atoms with Gasteiger partial charge in [-0.3, -0.25) is 4.79 Å². The molecular weight excluding hydrogens is 392 g/mol. The Hall–Kier alpha value is -2.22. The number of hydrogen-bond donors (Lipinski definition) is 1. The number of aromatic nitrogens is 2. The average Bonchev–Trinajstić information content (AvgIpc) is 3.16. The van der Waals surface area contributed by atoms with E-state index in [1.165, 1.54) is 44.2 Å². The van der Waals surface area contributed by atoms with Crippen molar-refractivity contribution in [3.05, 3.63) is 42.0 Å². The van der Waals surface area contributed by atoms with Crippen LogP contribution in [0.4, 0.5) is 0 Å². The first kappa shape index (κ1) is 21.5. The summed E-state index contributed by atoms with van der Waals surface area (Å²) in [5.74, 6) is -0.687. The molecule has 1 aromatic heterocycles. The molecule has 1 saturated carbocycles. The predicted octanol–water partition coefficient (Wildman–Crippen LogP) is 4.35. The normalized spacial score (nSPS) is 16.6. The van der Waals surface area contributed by atoms with Crippen molar-refractivity contribution in [2.75, 3.05) is 0 Å². The van der Waals surface area contributed by atoms with E-state index in [0.717, 1.165) is 18.8 Å². The van der Waals surface area contributed by atoms with Gasteiger partial charge in [-0.1, -0.05) is 68.3 Å². The van der Waals surface area contributed by atoms with E-state index in [9.17, 15) is 18.3 Å². The van der Waals surface area contributed by atoms with Crippen LogP contribution >= 0.6 is 0 Å². The summed E-state index contributed by atoms with van der Waals surface area (Å²) in [5.41, 5.74) is 0. The lowest BCUT2D eigenvalue weighted by molar-refractivity contribution is -0.137. The van der Waals surface area contributed by atoms with E-state index in [-0.39, 0.29) is 28.8 Å². The molecule has 29 heavy (non-hydrogen) atoms. The predicted molar refractivity (Wildman–Crippen MR) is 107 cm³/mol. The smallest absolute Gasteiger partial charge is 0.304 e. The van der Waals surface area contributed by atoms with Crippen molar-refractivity contribution in [1.82, 2.24) is 10.1 Å². The van der Waals surface area contributed by atoms with Gasteiger partial charge >= 0.3 is 5.97 Å². The van der Waals surface area contributed by atoms with Crippen LogP contribution in [0.15, 0.2) is 39.8 Å². The van der Waals surface area contributed by atoms with E-state index in [1.807, 2.05) is 0 Å². The van der Waals surface area contributed by atoms with Gasteiger partial charge in [-0.25, -0.2) is 8.42 Å². The van der Waals surface area contributed by atoms with Gasteiger partial charge < -0.3 is 9.63 Å². The van der Waals surface area contributed by atoms with E-state index in [0.29, 0.717) is 6.42 Å².